The Hall–Kier alpha value is -1.91. The van der Waals surface area contributed by atoms with Gasteiger partial charge in [-0.05, 0) is 22.0 Å². The number of hydrogen-bond donors (Lipinski definition) is 0. The van der Waals surface area contributed by atoms with Crippen LogP contribution in [-0.4, -0.2) is 14.3 Å². The average molecular weight is 177 g/mol. The summed E-state index contributed by atoms with van der Waals surface area (Å²) in [4.78, 5) is 13.9. The summed E-state index contributed by atoms with van der Waals surface area (Å²) in [6.07, 6.45) is 1.75. The van der Waals surface area contributed by atoms with Gasteiger partial charge in [-0.2, -0.15) is 0 Å². The van der Waals surface area contributed by atoms with E-state index in [4.69, 9.17) is 0 Å². The molecule has 2 aromatic rings. The van der Waals surface area contributed by atoms with Gasteiger partial charge in [0.1, 0.15) is 5.52 Å². The van der Waals surface area contributed by atoms with E-state index in [1.54, 1.807) is 29.7 Å². The Kier molecular flexibility index (Phi) is 1.51. The lowest BCUT2D eigenvalue weighted by Crippen LogP contribution is -1.88. The van der Waals surface area contributed by atoms with Crippen molar-refractivity contribution < 1.29 is 4.92 Å². The van der Waals surface area contributed by atoms with Crippen molar-refractivity contribution >= 4 is 11.3 Å². The van der Waals surface area contributed by atoms with Crippen LogP contribution in [0.15, 0.2) is 24.4 Å². The minimum absolute atomic E-state index is 0.0851. The van der Waals surface area contributed by atoms with E-state index >= 15 is 0 Å². The van der Waals surface area contributed by atoms with Crippen molar-refractivity contribution in [2.75, 3.05) is 0 Å². The van der Waals surface area contributed by atoms with E-state index in [1.807, 2.05) is 6.07 Å². The monoisotopic (exact) mass is 177 g/mol. The van der Waals surface area contributed by atoms with Crippen molar-refractivity contribution in [3.63, 3.8) is 0 Å². The third-order valence-electron chi connectivity index (χ3n) is 1.88. The lowest BCUT2D eigenvalue weighted by atomic mass is 10.4. The predicted octanol–water partition coefficient (Wildman–Crippen LogP) is 1.55. The molecular weight excluding hydrogens is 170 g/mol. The molecule has 0 bridgehead atoms. The fourth-order valence-electron chi connectivity index (χ4n) is 1.31. The van der Waals surface area contributed by atoms with Gasteiger partial charge in [-0.15, -0.1) is 0 Å². The van der Waals surface area contributed by atoms with Gasteiger partial charge in [0.15, 0.2) is 0 Å². The first-order valence-corrected chi connectivity index (χ1v) is 3.78. The largest absolute Gasteiger partial charge is 0.389 e. The Morgan fingerprint density at radius 2 is 2.31 bits per heavy atom. The molecule has 66 valence electrons. The summed E-state index contributed by atoms with van der Waals surface area (Å²) in [6.45, 7) is 1.74. The van der Waals surface area contributed by atoms with Crippen molar-refractivity contribution in [2.45, 2.75) is 6.92 Å². The number of nitrogens with zero attached hydrogens (tertiary/aromatic N) is 3. The molecule has 0 spiro atoms. The molecule has 2 heterocycles. The molecule has 5 nitrogen and oxygen atoms in total. The van der Waals surface area contributed by atoms with Crippen LogP contribution in [0.1, 0.15) is 5.82 Å². The third kappa shape index (κ3) is 1.05. The number of imidazole rings is 1. The Balaban J connectivity index is 2.85. The summed E-state index contributed by atoms with van der Waals surface area (Å²) >= 11 is 0. The molecule has 0 unspecified atom stereocenters. The average Bonchev–Trinajstić information content (AvgIpc) is 2.45. The SMILES string of the molecule is Cc1nc([N+](=O)[O-])c2ccccn12. The highest BCUT2D eigenvalue weighted by Gasteiger charge is 2.17. The summed E-state index contributed by atoms with van der Waals surface area (Å²) < 4.78 is 1.69. The number of pyridine rings is 1. The van der Waals surface area contributed by atoms with E-state index in [0.717, 1.165) is 0 Å². The van der Waals surface area contributed by atoms with E-state index in [0.29, 0.717) is 11.3 Å². The molecule has 0 aromatic carbocycles. The number of fused-ring (bicyclic) bond motifs is 1. The lowest BCUT2D eigenvalue weighted by molar-refractivity contribution is -0.387. The number of rotatable bonds is 1. The first kappa shape index (κ1) is 7.72. The van der Waals surface area contributed by atoms with Crippen molar-refractivity contribution in [2.24, 2.45) is 0 Å². The molecule has 0 saturated carbocycles. The molecule has 0 fully saturated rings. The molecule has 0 aliphatic carbocycles. The van der Waals surface area contributed by atoms with E-state index in [2.05, 4.69) is 4.98 Å². The normalized spacial score (nSPS) is 10.5. The zero-order chi connectivity index (χ0) is 9.42. The third-order valence-corrected chi connectivity index (χ3v) is 1.88. The molecule has 2 aromatic heterocycles. The van der Waals surface area contributed by atoms with Crippen molar-refractivity contribution in [1.29, 1.82) is 0 Å². The summed E-state index contributed by atoms with van der Waals surface area (Å²) in [6, 6.07) is 5.24. The Morgan fingerprint density at radius 1 is 1.54 bits per heavy atom. The maximum absolute atomic E-state index is 10.6. The minimum atomic E-state index is -0.470. The highest BCUT2D eigenvalue weighted by atomic mass is 16.6. The molecule has 5 heteroatoms. The van der Waals surface area contributed by atoms with Crippen LogP contribution in [0.3, 0.4) is 0 Å². The molecule has 0 aliphatic rings. The zero-order valence-corrected chi connectivity index (χ0v) is 6.97. The van der Waals surface area contributed by atoms with Crippen LogP contribution in [0.5, 0.6) is 0 Å². The molecule has 2 rings (SSSR count). The second-order valence-corrected chi connectivity index (χ2v) is 2.70. The van der Waals surface area contributed by atoms with Gasteiger partial charge in [0.05, 0.1) is 0 Å². The molecule has 0 N–H and O–H groups in total. The van der Waals surface area contributed by atoms with Crippen LogP contribution in [0.4, 0.5) is 5.82 Å². The Labute approximate surface area is 73.8 Å². The van der Waals surface area contributed by atoms with Crippen molar-refractivity contribution in [3.8, 4) is 0 Å². The number of nitro groups is 1. The fraction of sp³-hybridized carbons (Fsp3) is 0.125. The van der Waals surface area contributed by atoms with Crippen molar-refractivity contribution in [1.82, 2.24) is 9.38 Å². The van der Waals surface area contributed by atoms with Crippen molar-refractivity contribution in [3.05, 3.63) is 40.3 Å². The number of aromatic nitrogens is 2. The first-order chi connectivity index (χ1) is 6.20. The molecule has 0 atom stereocenters. The summed E-state index contributed by atoms with van der Waals surface area (Å²) in [7, 11) is 0. The van der Waals surface area contributed by atoms with Gasteiger partial charge in [0, 0.05) is 13.1 Å². The topological polar surface area (TPSA) is 60.4 Å². The first-order valence-electron chi connectivity index (χ1n) is 3.78. The van der Waals surface area contributed by atoms with E-state index < -0.39 is 4.92 Å². The van der Waals surface area contributed by atoms with Crippen LogP contribution >= 0.6 is 0 Å². The van der Waals surface area contributed by atoms with Crippen LogP contribution in [0, 0.1) is 17.0 Å². The maximum Gasteiger partial charge on any atom is 0.389 e. The quantitative estimate of drug-likeness (QED) is 0.490. The van der Waals surface area contributed by atoms with Crippen LogP contribution < -0.4 is 0 Å². The van der Waals surface area contributed by atoms with Gasteiger partial charge in [0.2, 0.25) is 5.82 Å². The van der Waals surface area contributed by atoms with Gasteiger partial charge >= 0.3 is 5.82 Å². The summed E-state index contributed by atoms with van der Waals surface area (Å²) in [5, 5.41) is 10.6. The second-order valence-electron chi connectivity index (χ2n) is 2.70. The molecule has 0 saturated heterocycles. The Morgan fingerprint density at radius 3 is 3.00 bits per heavy atom. The van der Waals surface area contributed by atoms with Gasteiger partial charge in [-0.1, -0.05) is 6.07 Å². The van der Waals surface area contributed by atoms with Crippen LogP contribution in [-0.2, 0) is 0 Å². The van der Waals surface area contributed by atoms with Crippen LogP contribution in [0.25, 0.3) is 5.52 Å². The minimum Gasteiger partial charge on any atom is -0.358 e. The van der Waals surface area contributed by atoms with E-state index in [-0.39, 0.29) is 5.82 Å². The molecule has 0 amide bonds. The zero-order valence-electron chi connectivity index (χ0n) is 6.97. The highest BCUT2D eigenvalue weighted by molar-refractivity contribution is 5.62. The predicted molar refractivity (Wildman–Crippen MR) is 46.6 cm³/mol. The number of aryl methyl sites for hydroxylation is 1. The summed E-state index contributed by atoms with van der Waals surface area (Å²) in [5.74, 6) is 0.542. The van der Waals surface area contributed by atoms with E-state index in [9.17, 15) is 10.1 Å². The lowest BCUT2D eigenvalue weighted by Gasteiger charge is -1.91. The number of hydrogen-bond acceptors (Lipinski definition) is 3. The highest BCUT2D eigenvalue weighted by Crippen LogP contribution is 2.18. The van der Waals surface area contributed by atoms with Gasteiger partial charge in [0.25, 0.3) is 0 Å². The fourth-order valence-corrected chi connectivity index (χ4v) is 1.31. The standard InChI is InChI=1S/C8H7N3O2/c1-6-9-8(11(12)13)7-4-2-3-5-10(6)7/h2-5H,1H3. The molecule has 0 radical (unpaired) electrons. The van der Waals surface area contributed by atoms with Gasteiger partial charge < -0.3 is 10.1 Å². The molecule has 0 aliphatic heterocycles. The Bertz CT molecular complexity index is 475. The smallest absolute Gasteiger partial charge is 0.358 e. The van der Waals surface area contributed by atoms with E-state index in [1.165, 1.54) is 0 Å². The molecule has 13 heavy (non-hydrogen) atoms. The maximum atomic E-state index is 10.6. The molecular formula is C8H7N3O2. The van der Waals surface area contributed by atoms with Gasteiger partial charge in [-0.3, -0.25) is 4.40 Å². The van der Waals surface area contributed by atoms with Gasteiger partial charge in [-0.25, -0.2) is 0 Å². The summed E-state index contributed by atoms with van der Waals surface area (Å²) in [5.41, 5.74) is 0.532. The second kappa shape index (κ2) is 2.55. The van der Waals surface area contributed by atoms with Crippen LogP contribution in [0.2, 0.25) is 0 Å².